The zero-order valence-corrected chi connectivity index (χ0v) is 8.34. The maximum absolute atomic E-state index is 11.2. The van der Waals surface area contributed by atoms with Crippen LogP contribution in [0.1, 0.15) is 0 Å². The number of rotatable bonds is 4. The summed E-state index contributed by atoms with van der Waals surface area (Å²) in [5.41, 5.74) is 8.42. The average molecular weight is 229 g/mol. The number of nitrogens with one attached hydrogen (secondary N) is 4. The van der Waals surface area contributed by atoms with Crippen molar-refractivity contribution in [2.24, 2.45) is 0 Å². The molecule has 0 bridgehead atoms. The summed E-state index contributed by atoms with van der Waals surface area (Å²) in [7, 11) is -3.88. The van der Waals surface area contributed by atoms with E-state index >= 15 is 0 Å². The molecule has 81 valence electrons. The van der Waals surface area contributed by atoms with E-state index < -0.39 is 16.2 Å². The third kappa shape index (κ3) is 4.29. The van der Waals surface area contributed by atoms with E-state index in [4.69, 9.17) is 5.73 Å². The molecule has 0 aliphatic heterocycles. The van der Waals surface area contributed by atoms with Crippen LogP contribution in [-0.2, 0) is 10.2 Å². The van der Waals surface area contributed by atoms with Crippen molar-refractivity contribution in [2.45, 2.75) is 0 Å². The molecular formula is C7H9N4O3S. The van der Waals surface area contributed by atoms with Crippen LogP contribution in [0.3, 0.4) is 0 Å². The number of urea groups is 1. The van der Waals surface area contributed by atoms with E-state index in [-0.39, 0.29) is 0 Å². The smallest absolute Gasteiger partial charge is 0.270 e. The molecule has 8 heteroatoms. The fourth-order valence-corrected chi connectivity index (χ4v) is 1.52. The normalized spacial score (nSPS) is 10.7. The molecule has 0 aliphatic rings. The summed E-state index contributed by atoms with van der Waals surface area (Å²) in [6.07, 6.45) is 0. The van der Waals surface area contributed by atoms with Gasteiger partial charge in [-0.25, -0.2) is 10.5 Å². The molecule has 7 nitrogen and oxygen atoms in total. The second-order valence-corrected chi connectivity index (χ2v) is 3.94. The van der Waals surface area contributed by atoms with E-state index in [1.54, 1.807) is 40.6 Å². The zero-order valence-electron chi connectivity index (χ0n) is 7.52. The lowest BCUT2D eigenvalue weighted by Crippen LogP contribution is -2.44. The van der Waals surface area contributed by atoms with Crippen molar-refractivity contribution in [3.8, 4) is 0 Å². The maximum atomic E-state index is 11.2. The van der Waals surface area contributed by atoms with Crippen molar-refractivity contribution in [1.29, 1.82) is 0 Å². The minimum absolute atomic E-state index is 0.351. The fraction of sp³-hybridized carbons (Fsp3) is 0. The number of anilines is 1. The Bertz CT molecular complexity index is 431. The fourth-order valence-electron chi connectivity index (χ4n) is 0.800. The molecule has 1 aromatic carbocycles. The van der Waals surface area contributed by atoms with Gasteiger partial charge in [0.05, 0.1) is 0 Å². The van der Waals surface area contributed by atoms with Crippen LogP contribution in [0.5, 0.6) is 0 Å². The highest BCUT2D eigenvalue weighted by atomic mass is 32.2. The van der Waals surface area contributed by atoms with Gasteiger partial charge in [0.1, 0.15) is 0 Å². The van der Waals surface area contributed by atoms with Crippen LogP contribution < -0.4 is 20.7 Å². The summed E-state index contributed by atoms with van der Waals surface area (Å²) >= 11 is 0. The summed E-state index contributed by atoms with van der Waals surface area (Å²) in [6.45, 7) is 0. The molecule has 1 rings (SSSR count). The average Bonchev–Trinajstić information content (AvgIpc) is 2.16. The molecule has 15 heavy (non-hydrogen) atoms. The van der Waals surface area contributed by atoms with Gasteiger partial charge in [-0.15, -0.1) is 4.83 Å². The summed E-state index contributed by atoms with van der Waals surface area (Å²) in [4.78, 5) is 11.8. The monoisotopic (exact) mass is 229 g/mol. The summed E-state index contributed by atoms with van der Waals surface area (Å²) in [5, 5.41) is 0. The van der Waals surface area contributed by atoms with Crippen LogP contribution in [0.15, 0.2) is 30.3 Å². The number of hydrazine groups is 1. The number of carbonyl (C=O) groups excluding carboxylic acids is 1. The topological polar surface area (TPSA) is 111 Å². The minimum atomic E-state index is -3.88. The Hall–Kier alpha value is -1.80. The van der Waals surface area contributed by atoms with E-state index in [0.29, 0.717) is 5.69 Å². The largest absolute Gasteiger partial charge is 0.348 e. The van der Waals surface area contributed by atoms with Crippen LogP contribution in [0.25, 0.3) is 0 Å². The molecule has 0 spiro atoms. The predicted octanol–water partition coefficient (Wildman–Crippen LogP) is -0.160. The molecule has 0 saturated carbocycles. The second kappa shape index (κ2) is 4.62. The Morgan fingerprint density at radius 3 is 2.33 bits per heavy atom. The lowest BCUT2D eigenvalue weighted by atomic mass is 10.3. The van der Waals surface area contributed by atoms with Gasteiger partial charge >= 0.3 is 16.2 Å². The number of hydrogen-bond donors (Lipinski definition) is 3. The van der Waals surface area contributed by atoms with E-state index in [9.17, 15) is 13.2 Å². The standard InChI is InChI=1S/C7H9N4O3S/c8-7(12)9-11-15(13,14)10-6-4-2-1-3-5-6/h1-5,8,10-11H,(H,9,12). The third-order valence-corrected chi connectivity index (χ3v) is 2.20. The molecule has 0 saturated heterocycles. The Balaban J connectivity index is 2.61. The van der Waals surface area contributed by atoms with Gasteiger partial charge in [0.2, 0.25) is 0 Å². The SMILES string of the molecule is [NH]C(=O)NNS(=O)(=O)Nc1ccccc1. The molecule has 0 aliphatic carbocycles. The lowest BCUT2D eigenvalue weighted by Gasteiger charge is -2.08. The van der Waals surface area contributed by atoms with Crippen molar-refractivity contribution < 1.29 is 13.2 Å². The van der Waals surface area contributed by atoms with Gasteiger partial charge in [-0.3, -0.25) is 10.1 Å². The highest BCUT2D eigenvalue weighted by Gasteiger charge is 2.09. The molecule has 0 unspecified atom stereocenters. The van der Waals surface area contributed by atoms with Gasteiger partial charge < -0.3 is 0 Å². The minimum Gasteiger partial charge on any atom is -0.270 e. The predicted molar refractivity (Wildman–Crippen MR) is 53.7 cm³/mol. The van der Waals surface area contributed by atoms with Crippen molar-refractivity contribution in [1.82, 2.24) is 16.0 Å². The first-order valence-corrected chi connectivity index (χ1v) is 5.34. The summed E-state index contributed by atoms with van der Waals surface area (Å²) in [6, 6.07) is 6.88. The second-order valence-electron chi connectivity index (χ2n) is 2.53. The van der Waals surface area contributed by atoms with Crippen LogP contribution >= 0.6 is 0 Å². The van der Waals surface area contributed by atoms with Crippen molar-refractivity contribution in [2.75, 3.05) is 4.72 Å². The van der Waals surface area contributed by atoms with Crippen LogP contribution in [0.2, 0.25) is 0 Å². The number of carbonyl (C=O) groups is 1. The number of hydrogen-bond acceptors (Lipinski definition) is 3. The third-order valence-electron chi connectivity index (χ3n) is 1.32. The molecule has 0 fully saturated rings. The van der Waals surface area contributed by atoms with Crippen molar-refractivity contribution >= 4 is 21.9 Å². The quantitative estimate of drug-likeness (QED) is 0.623. The highest BCUT2D eigenvalue weighted by Crippen LogP contribution is 2.05. The summed E-state index contributed by atoms with van der Waals surface area (Å²) in [5.74, 6) is 0. The van der Waals surface area contributed by atoms with Gasteiger partial charge in [0, 0.05) is 5.69 Å². The van der Waals surface area contributed by atoms with E-state index in [1.165, 1.54) is 0 Å². The Morgan fingerprint density at radius 2 is 1.80 bits per heavy atom. The van der Waals surface area contributed by atoms with Gasteiger partial charge in [-0.1, -0.05) is 18.2 Å². The molecule has 0 aromatic heterocycles. The number of amides is 2. The molecule has 1 aromatic rings. The Labute approximate surface area is 86.8 Å². The van der Waals surface area contributed by atoms with Crippen LogP contribution in [0, 0.1) is 0 Å². The Morgan fingerprint density at radius 1 is 1.20 bits per heavy atom. The first-order valence-electron chi connectivity index (χ1n) is 3.86. The van der Waals surface area contributed by atoms with Crippen molar-refractivity contribution in [3.05, 3.63) is 30.3 Å². The number of benzene rings is 1. The first-order chi connectivity index (χ1) is 6.99. The molecule has 2 amide bonds. The van der Waals surface area contributed by atoms with Gasteiger partial charge in [-0.2, -0.15) is 8.42 Å². The Kier molecular flexibility index (Phi) is 3.47. The van der Waals surface area contributed by atoms with E-state index in [2.05, 4.69) is 4.72 Å². The molecule has 0 atom stereocenters. The molecular weight excluding hydrogens is 220 g/mol. The lowest BCUT2D eigenvalue weighted by molar-refractivity contribution is 0.246. The number of para-hydroxylation sites is 1. The van der Waals surface area contributed by atoms with Crippen LogP contribution in [-0.4, -0.2) is 14.4 Å². The van der Waals surface area contributed by atoms with Crippen molar-refractivity contribution in [3.63, 3.8) is 0 Å². The van der Waals surface area contributed by atoms with E-state index in [0.717, 1.165) is 0 Å². The molecule has 0 heterocycles. The molecule has 4 N–H and O–H groups in total. The van der Waals surface area contributed by atoms with Crippen LogP contribution in [0.4, 0.5) is 10.5 Å². The first kappa shape index (κ1) is 11.3. The van der Waals surface area contributed by atoms with Gasteiger partial charge in [-0.05, 0) is 12.1 Å². The van der Waals surface area contributed by atoms with Gasteiger partial charge in [0.15, 0.2) is 0 Å². The molecule has 1 radical (unpaired) electrons. The maximum Gasteiger partial charge on any atom is 0.348 e. The van der Waals surface area contributed by atoms with E-state index in [1.807, 2.05) is 0 Å². The van der Waals surface area contributed by atoms with Gasteiger partial charge in [0.25, 0.3) is 0 Å². The highest BCUT2D eigenvalue weighted by molar-refractivity contribution is 7.90. The summed E-state index contributed by atoms with van der Waals surface area (Å²) < 4.78 is 24.5. The zero-order chi connectivity index (χ0) is 11.3.